The van der Waals surface area contributed by atoms with E-state index in [9.17, 15) is 14.4 Å². The van der Waals surface area contributed by atoms with Gasteiger partial charge in [0.1, 0.15) is 22.8 Å². The van der Waals surface area contributed by atoms with Crippen LogP contribution in [0.4, 0.5) is 10.5 Å². The number of pyridine rings is 2. The minimum absolute atomic E-state index is 0.0832. The zero-order valence-corrected chi connectivity index (χ0v) is 23.7. The molecular weight excluding hydrogens is 546 g/mol. The smallest absolute Gasteiger partial charge is 0.417 e. The molecule has 0 aliphatic rings. The van der Waals surface area contributed by atoms with Gasteiger partial charge in [0.2, 0.25) is 0 Å². The largest absolute Gasteiger partial charge is 0.493 e. The fourth-order valence-corrected chi connectivity index (χ4v) is 4.66. The minimum Gasteiger partial charge on any atom is -0.493 e. The SMILES string of the molecule is CCCn1c(=O)c(NC(=O)Oc2ccccc2)c(-c2cccc(OCCCOC(=O)c3ccccc3)c2)c2cccnc21. The van der Waals surface area contributed by atoms with Crippen molar-refractivity contribution in [1.82, 2.24) is 9.55 Å². The molecule has 0 fully saturated rings. The van der Waals surface area contributed by atoms with Crippen LogP contribution in [-0.4, -0.2) is 34.8 Å². The predicted octanol–water partition coefficient (Wildman–Crippen LogP) is 6.71. The summed E-state index contributed by atoms with van der Waals surface area (Å²) in [6.07, 6.45) is 2.04. The Hall–Kier alpha value is -5.44. The first-order chi connectivity index (χ1) is 21.0. The first-order valence-corrected chi connectivity index (χ1v) is 14.1. The van der Waals surface area contributed by atoms with Crippen molar-refractivity contribution in [2.45, 2.75) is 26.3 Å². The van der Waals surface area contributed by atoms with E-state index in [1.165, 1.54) is 0 Å². The van der Waals surface area contributed by atoms with E-state index in [-0.39, 0.29) is 23.8 Å². The van der Waals surface area contributed by atoms with E-state index in [1.807, 2.05) is 37.3 Å². The van der Waals surface area contributed by atoms with Gasteiger partial charge in [0, 0.05) is 30.1 Å². The highest BCUT2D eigenvalue weighted by molar-refractivity contribution is 6.03. The molecule has 0 atom stereocenters. The number of nitrogens with zero attached hydrogens (tertiary/aromatic N) is 2. The van der Waals surface area contributed by atoms with Crippen LogP contribution in [0, 0.1) is 0 Å². The Morgan fingerprint density at radius 3 is 2.37 bits per heavy atom. The summed E-state index contributed by atoms with van der Waals surface area (Å²) in [6, 6.07) is 28.3. The lowest BCUT2D eigenvalue weighted by Crippen LogP contribution is -2.29. The van der Waals surface area contributed by atoms with E-state index in [2.05, 4.69) is 10.3 Å². The lowest BCUT2D eigenvalue weighted by atomic mass is 10.00. The number of hydrogen-bond acceptors (Lipinski definition) is 7. The second-order valence-corrected chi connectivity index (χ2v) is 9.64. The summed E-state index contributed by atoms with van der Waals surface area (Å²) < 4.78 is 18.3. The van der Waals surface area contributed by atoms with Crippen LogP contribution in [-0.2, 0) is 11.3 Å². The van der Waals surface area contributed by atoms with Gasteiger partial charge < -0.3 is 14.2 Å². The van der Waals surface area contributed by atoms with Crippen LogP contribution in [0.3, 0.4) is 0 Å². The third kappa shape index (κ3) is 7.08. The Kier molecular flexibility index (Phi) is 9.43. The maximum Gasteiger partial charge on any atom is 0.417 e. The van der Waals surface area contributed by atoms with Gasteiger partial charge >= 0.3 is 12.1 Å². The number of nitrogens with one attached hydrogen (secondary N) is 1. The molecule has 0 bridgehead atoms. The van der Waals surface area contributed by atoms with Crippen molar-refractivity contribution in [3.05, 3.63) is 119 Å². The molecule has 218 valence electrons. The molecule has 9 heteroatoms. The minimum atomic E-state index is -0.784. The van der Waals surface area contributed by atoms with Crippen LogP contribution in [0.25, 0.3) is 22.2 Å². The lowest BCUT2D eigenvalue weighted by Gasteiger charge is -2.18. The van der Waals surface area contributed by atoms with Crippen molar-refractivity contribution < 1.29 is 23.8 Å². The van der Waals surface area contributed by atoms with Crippen molar-refractivity contribution in [2.24, 2.45) is 0 Å². The fraction of sp³-hybridized carbons (Fsp3) is 0.176. The molecule has 1 N–H and O–H groups in total. The molecule has 9 nitrogen and oxygen atoms in total. The third-order valence-corrected chi connectivity index (χ3v) is 6.57. The van der Waals surface area contributed by atoms with E-state index in [1.54, 1.807) is 77.5 Å². The Bertz CT molecular complexity index is 1770. The quantitative estimate of drug-likeness (QED) is 0.137. The number of anilines is 1. The Balaban J connectivity index is 1.40. The zero-order chi connectivity index (χ0) is 30.0. The number of para-hydroxylation sites is 1. The second-order valence-electron chi connectivity index (χ2n) is 9.64. The van der Waals surface area contributed by atoms with E-state index in [0.717, 1.165) is 0 Å². The van der Waals surface area contributed by atoms with Crippen LogP contribution in [0.15, 0.2) is 108 Å². The van der Waals surface area contributed by atoms with Gasteiger partial charge in [0.15, 0.2) is 0 Å². The average Bonchev–Trinajstić information content (AvgIpc) is 3.04. The number of aryl methyl sites for hydroxylation is 1. The summed E-state index contributed by atoms with van der Waals surface area (Å²) in [5.41, 5.74) is 1.86. The summed E-state index contributed by atoms with van der Waals surface area (Å²) in [4.78, 5) is 43.5. The third-order valence-electron chi connectivity index (χ3n) is 6.57. The summed E-state index contributed by atoms with van der Waals surface area (Å²) in [6.45, 7) is 2.90. The average molecular weight is 578 g/mol. The van der Waals surface area contributed by atoms with Crippen LogP contribution >= 0.6 is 0 Å². The molecular formula is C34H31N3O6. The second kappa shape index (κ2) is 14.0. The number of benzene rings is 3. The van der Waals surface area contributed by atoms with Crippen molar-refractivity contribution in [3.63, 3.8) is 0 Å². The highest BCUT2D eigenvalue weighted by Crippen LogP contribution is 2.35. The standard InChI is InChI=1S/C34H31N3O6/c1-2-20-37-31-28(18-10-19-35-31)29(30(32(37)38)36-34(40)43-26-15-7-4-8-16-26)25-14-9-17-27(23-25)41-21-11-22-42-33(39)24-12-5-3-6-13-24/h3-10,12-19,23H,2,11,20-22H2,1H3,(H,36,40). The number of aromatic nitrogens is 2. The maximum absolute atomic E-state index is 13.8. The van der Waals surface area contributed by atoms with Crippen molar-refractivity contribution in [2.75, 3.05) is 18.5 Å². The molecule has 0 spiro atoms. The van der Waals surface area contributed by atoms with Crippen molar-refractivity contribution >= 4 is 28.8 Å². The first kappa shape index (κ1) is 29.1. The van der Waals surface area contributed by atoms with E-state index < -0.39 is 6.09 Å². The number of amides is 1. The predicted molar refractivity (Wildman–Crippen MR) is 165 cm³/mol. The van der Waals surface area contributed by atoms with Crippen LogP contribution < -0.4 is 20.3 Å². The number of hydrogen-bond donors (Lipinski definition) is 1. The number of carbonyl (C=O) groups excluding carboxylic acids is 2. The van der Waals surface area contributed by atoms with Gasteiger partial charge in [-0.1, -0.05) is 55.5 Å². The van der Waals surface area contributed by atoms with Crippen LogP contribution in [0.5, 0.6) is 11.5 Å². The molecule has 43 heavy (non-hydrogen) atoms. The molecule has 5 aromatic rings. The Morgan fingerprint density at radius 1 is 0.860 bits per heavy atom. The molecule has 0 aliphatic carbocycles. The highest BCUT2D eigenvalue weighted by Gasteiger charge is 2.21. The van der Waals surface area contributed by atoms with Gasteiger partial charge in [0.25, 0.3) is 5.56 Å². The highest BCUT2D eigenvalue weighted by atomic mass is 16.6. The van der Waals surface area contributed by atoms with Gasteiger partial charge in [-0.3, -0.25) is 14.7 Å². The van der Waals surface area contributed by atoms with Gasteiger partial charge in [0.05, 0.1) is 18.8 Å². The molecule has 0 unspecified atom stereocenters. The van der Waals surface area contributed by atoms with Crippen LogP contribution in [0.2, 0.25) is 0 Å². The summed E-state index contributed by atoms with van der Waals surface area (Å²) in [5, 5.41) is 3.40. The van der Waals surface area contributed by atoms with Gasteiger partial charge in [-0.15, -0.1) is 0 Å². The molecule has 2 aromatic heterocycles. The molecule has 0 saturated carbocycles. The Labute approximate surface area is 248 Å². The summed E-state index contributed by atoms with van der Waals surface area (Å²) >= 11 is 0. The first-order valence-electron chi connectivity index (χ1n) is 14.1. The van der Waals surface area contributed by atoms with Crippen molar-refractivity contribution in [1.29, 1.82) is 0 Å². The molecule has 0 saturated heterocycles. The van der Waals surface area contributed by atoms with E-state index in [0.29, 0.717) is 65.2 Å². The number of ether oxygens (including phenoxy) is 3. The Morgan fingerprint density at radius 2 is 1.60 bits per heavy atom. The zero-order valence-electron chi connectivity index (χ0n) is 23.7. The van der Waals surface area contributed by atoms with E-state index >= 15 is 0 Å². The topological polar surface area (TPSA) is 109 Å². The van der Waals surface area contributed by atoms with E-state index in [4.69, 9.17) is 14.2 Å². The van der Waals surface area contributed by atoms with Crippen molar-refractivity contribution in [3.8, 4) is 22.6 Å². The molecule has 0 radical (unpaired) electrons. The summed E-state index contributed by atoms with van der Waals surface area (Å²) in [5.74, 6) is 0.522. The number of rotatable bonds is 11. The van der Waals surface area contributed by atoms with Gasteiger partial charge in [-0.2, -0.15) is 0 Å². The number of esters is 1. The monoisotopic (exact) mass is 577 g/mol. The maximum atomic E-state index is 13.8. The fourth-order valence-electron chi connectivity index (χ4n) is 4.66. The normalized spacial score (nSPS) is 10.7. The number of carbonyl (C=O) groups is 2. The molecule has 3 aromatic carbocycles. The molecule has 5 rings (SSSR count). The molecule has 0 aliphatic heterocycles. The lowest BCUT2D eigenvalue weighted by molar-refractivity contribution is 0.0486. The van der Waals surface area contributed by atoms with Crippen LogP contribution in [0.1, 0.15) is 30.1 Å². The molecule has 2 heterocycles. The summed E-state index contributed by atoms with van der Waals surface area (Å²) in [7, 11) is 0. The van der Waals surface area contributed by atoms with Gasteiger partial charge in [-0.25, -0.2) is 14.6 Å². The van der Waals surface area contributed by atoms with Gasteiger partial charge in [-0.05, 0) is 60.5 Å². The number of fused-ring (bicyclic) bond motifs is 1. The molecule has 1 amide bonds.